The number of rotatable bonds is 23. The number of hydrogen-bond donors (Lipinski definition) is 5. The number of nitrogens with one attached hydrogen (secondary N) is 5. The SMILES string of the molecule is CN[C@@H](C)C(=O)N[C@H](C(=O)N1Cc2cc(OCCOCCOCCOCCOc3cc4ncnc(Nc5n[nH]c(C)c5C)c4cc3S(=O)(=O)C(C)(C)C)ccc2C[C@H]1C(=O)N[C@@H]1CCCc2ccccc21)C(C)(C)C.Cl. The van der Waals surface area contributed by atoms with E-state index < -0.39 is 38.1 Å². The molecule has 5 N–H and O–H groups in total. The Morgan fingerprint density at radius 2 is 1.50 bits per heavy atom. The molecule has 3 aromatic carbocycles. The molecule has 7 rings (SSSR count). The van der Waals surface area contributed by atoms with Crippen molar-refractivity contribution < 1.29 is 46.5 Å². The second kappa shape index (κ2) is 26.0. The van der Waals surface area contributed by atoms with E-state index in [1.807, 2.05) is 65.0 Å². The molecule has 1 aliphatic carbocycles. The third-order valence-corrected chi connectivity index (χ3v) is 16.3. The molecule has 21 heteroatoms. The van der Waals surface area contributed by atoms with Crippen LogP contribution in [0.2, 0.25) is 0 Å². The lowest BCUT2D eigenvalue weighted by Gasteiger charge is -2.41. The Morgan fingerprint density at radius 3 is 2.14 bits per heavy atom. The summed E-state index contributed by atoms with van der Waals surface area (Å²) in [5.41, 5.74) is 5.80. The van der Waals surface area contributed by atoms with Gasteiger partial charge in [-0.2, -0.15) is 5.10 Å². The summed E-state index contributed by atoms with van der Waals surface area (Å²) in [6.45, 7) is 18.5. The van der Waals surface area contributed by atoms with E-state index in [4.69, 9.17) is 23.7 Å². The molecule has 0 unspecified atom stereocenters. The van der Waals surface area contributed by atoms with Crippen molar-refractivity contribution in [2.24, 2.45) is 5.41 Å². The number of benzene rings is 3. The quantitative estimate of drug-likeness (QED) is 0.0423. The average molecular weight is 1090 g/mol. The lowest BCUT2D eigenvalue weighted by Crippen LogP contribution is -2.62. The minimum Gasteiger partial charge on any atom is -0.491 e. The number of amides is 3. The first-order valence-corrected chi connectivity index (χ1v) is 27.2. The zero-order valence-electron chi connectivity index (χ0n) is 45.5. The first-order valence-electron chi connectivity index (χ1n) is 25.8. The van der Waals surface area contributed by atoms with Crippen LogP contribution in [0.1, 0.15) is 101 Å². The van der Waals surface area contributed by atoms with Gasteiger partial charge >= 0.3 is 0 Å². The maximum Gasteiger partial charge on any atom is 0.246 e. The molecule has 4 atom stereocenters. The van der Waals surface area contributed by atoms with Gasteiger partial charge in [-0.3, -0.25) is 19.5 Å². The fourth-order valence-electron chi connectivity index (χ4n) is 9.01. The van der Waals surface area contributed by atoms with Gasteiger partial charge in [0.15, 0.2) is 15.7 Å². The van der Waals surface area contributed by atoms with Gasteiger partial charge in [0, 0.05) is 35.7 Å². The third kappa shape index (κ3) is 14.4. The number of H-pyrrole nitrogens is 1. The smallest absolute Gasteiger partial charge is 0.246 e. The summed E-state index contributed by atoms with van der Waals surface area (Å²) in [6, 6.07) is 14.7. The van der Waals surface area contributed by atoms with E-state index in [1.165, 1.54) is 11.9 Å². The summed E-state index contributed by atoms with van der Waals surface area (Å²) in [7, 11) is -2.16. The molecular formula is C55H76ClN9O10S. The molecule has 3 amide bonds. The number of carbonyl (C=O) groups excluding carboxylic acids is 3. The standard InChI is InChI=1S/C55H75N9O10S.ClH/c1-34-35(2)62-63-49(34)61-50-42-30-47(75(68,69)55(7,8)9)46(31-44(42)57-33-58-50)74-27-25-72-23-21-70-20-22-71-24-26-73-40-19-18-38-29-45(52(66)59-43-17-13-15-37-14-11-12-16-41(37)43)64(32-39(38)28-40)53(67)48(54(4,5)6)60-51(65)36(3)56-10;/h11-12,14,16,18-19,28,30-31,33,36,43,45,48,56H,13,15,17,20-27,29,32H2,1-10H3,(H,59,66)(H,60,65)(H2,57,58,61,62,63);1H/t36-,43+,45-,48+;/m0./s1. The molecule has 0 saturated heterocycles. The number of sulfone groups is 1. The molecule has 0 saturated carbocycles. The van der Waals surface area contributed by atoms with Crippen molar-refractivity contribution in [1.82, 2.24) is 41.0 Å². The van der Waals surface area contributed by atoms with Crippen LogP contribution in [0.3, 0.4) is 0 Å². The van der Waals surface area contributed by atoms with Crippen molar-refractivity contribution >= 4 is 62.5 Å². The third-order valence-electron chi connectivity index (χ3n) is 13.8. The Hall–Kier alpha value is -5.90. The van der Waals surface area contributed by atoms with E-state index in [0.29, 0.717) is 61.1 Å². The lowest BCUT2D eigenvalue weighted by molar-refractivity contribution is -0.147. The summed E-state index contributed by atoms with van der Waals surface area (Å²) < 4.78 is 55.9. The fourth-order valence-corrected chi connectivity index (χ4v) is 10.3. The van der Waals surface area contributed by atoms with E-state index in [2.05, 4.69) is 53.6 Å². The zero-order valence-corrected chi connectivity index (χ0v) is 47.1. The van der Waals surface area contributed by atoms with E-state index in [-0.39, 0.29) is 79.8 Å². The monoisotopic (exact) mass is 1090 g/mol. The summed E-state index contributed by atoms with van der Waals surface area (Å²) >= 11 is 0. The summed E-state index contributed by atoms with van der Waals surface area (Å²) in [5.74, 6) is 0.918. The van der Waals surface area contributed by atoms with Gasteiger partial charge in [-0.25, -0.2) is 18.4 Å². The van der Waals surface area contributed by atoms with Gasteiger partial charge in [-0.15, -0.1) is 12.4 Å². The van der Waals surface area contributed by atoms with Crippen LogP contribution < -0.4 is 30.7 Å². The molecule has 2 aliphatic rings. The van der Waals surface area contributed by atoms with Crippen LogP contribution in [-0.2, 0) is 57.8 Å². The van der Waals surface area contributed by atoms with Crippen LogP contribution in [0.25, 0.3) is 10.9 Å². The van der Waals surface area contributed by atoms with Crippen molar-refractivity contribution in [3.63, 3.8) is 0 Å². The average Bonchev–Trinajstić information content (AvgIpc) is 3.70. The Kier molecular flexibility index (Phi) is 20.3. The van der Waals surface area contributed by atoms with Crippen molar-refractivity contribution in [2.75, 3.05) is 65.2 Å². The Morgan fingerprint density at radius 1 is 0.829 bits per heavy atom. The van der Waals surface area contributed by atoms with Gasteiger partial charge in [0.25, 0.3) is 0 Å². The van der Waals surface area contributed by atoms with Gasteiger partial charge in [0.05, 0.1) is 62.0 Å². The number of ether oxygens (including phenoxy) is 5. The highest BCUT2D eigenvalue weighted by molar-refractivity contribution is 7.92. The molecule has 76 heavy (non-hydrogen) atoms. The van der Waals surface area contributed by atoms with E-state index in [9.17, 15) is 22.8 Å². The maximum atomic E-state index is 14.7. The predicted molar refractivity (Wildman–Crippen MR) is 293 cm³/mol. The van der Waals surface area contributed by atoms with Crippen LogP contribution in [0, 0.1) is 19.3 Å². The lowest BCUT2D eigenvalue weighted by atomic mass is 9.83. The van der Waals surface area contributed by atoms with Gasteiger partial charge in [0.1, 0.15) is 53.8 Å². The number of carbonyl (C=O) groups is 3. The Bertz CT molecular complexity index is 2920. The molecule has 1 aliphatic heterocycles. The van der Waals surface area contributed by atoms with Crippen LogP contribution >= 0.6 is 12.4 Å². The molecule has 3 heterocycles. The topological polar surface area (TPSA) is 237 Å². The number of aryl methyl sites for hydroxylation is 2. The Balaban J connectivity index is 0.00000937. The summed E-state index contributed by atoms with van der Waals surface area (Å²) in [4.78, 5) is 52.7. The van der Waals surface area contributed by atoms with Crippen LogP contribution in [0.15, 0.2) is 65.8 Å². The fraction of sp³-hybridized carbons (Fsp3) is 0.527. The molecule has 0 bridgehead atoms. The van der Waals surface area contributed by atoms with Crippen LogP contribution in [0.4, 0.5) is 11.6 Å². The molecule has 0 radical (unpaired) electrons. The number of likely N-dealkylation sites (N-methyl/N-ethyl adjacent to an activating group) is 1. The highest BCUT2D eigenvalue weighted by atomic mass is 35.5. The number of fused-ring (bicyclic) bond motifs is 3. The minimum absolute atomic E-state index is 0. The second-order valence-corrected chi connectivity index (χ2v) is 23.9. The van der Waals surface area contributed by atoms with Crippen molar-refractivity contribution in [3.8, 4) is 11.5 Å². The highest BCUT2D eigenvalue weighted by Crippen LogP contribution is 2.38. The van der Waals surface area contributed by atoms with Crippen LogP contribution in [0.5, 0.6) is 11.5 Å². The maximum absolute atomic E-state index is 14.7. The molecule has 5 aromatic rings. The molecule has 19 nitrogen and oxygen atoms in total. The second-order valence-electron chi connectivity index (χ2n) is 21.2. The van der Waals surface area contributed by atoms with Crippen molar-refractivity contribution in [3.05, 3.63) is 94.4 Å². The number of aromatic amines is 1. The minimum atomic E-state index is -3.85. The van der Waals surface area contributed by atoms with Crippen LogP contribution in [-0.4, -0.2) is 134 Å². The largest absolute Gasteiger partial charge is 0.491 e. The highest BCUT2D eigenvalue weighted by Gasteiger charge is 2.43. The van der Waals surface area contributed by atoms with Crippen molar-refractivity contribution in [1.29, 1.82) is 0 Å². The number of hydrogen-bond acceptors (Lipinski definition) is 15. The van der Waals surface area contributed by atoms with Gasteiger partial charge in [0.2, 0.25) is 17.7 Å². The number of nitrogens with zero attached hydrogens (tertiary/aromatic N) is 4. The Labute approximate surface area is 453 Å². The zero-order chi connectivity index (χ0) is 54.1. The molecule has 0 fully saturated rings. The van der Waals surface area contributed by atoms with Gasteiger partial charge in [-0.05, 0) is 114 Å². The number of aromatic nitrogens is 4. The van der Waals surface area contributed by atoms with E-state index in [0.717, 1.165) is 47.2 Å². The predicted octanol–water partition coefficient (Wildman–Crippen LogP) is 6.80. The first-order chi connectivity index (χ1) is 35.7. The van der Waals surface area contributed by atoms with Crippen molar-refractivity contribution in [2.45, 2.75) is 128 Å². The van der Waals surface area contributed by atoms with E-state index >= 15 is 0 Å². The molecule has 0 spiro atoms. The molecule has 414 valence electrons. The number of halogens is 1. The normalized spacial score (nSPS) is 16.4. The molecule has 2 aromatic heterocycles. The summed E-state index contributed by atoms with van der Waals surface area (Å²) in [6.07, 6.45) is 4.43. The molecular weight excluding hydrogens is 1010 g/mol. The summed E-state index contributed by atoms with van der Waals surface area (Å²) in [5, 5.41) is 20.2. The van der Waals surface area contributed by atoms with E-state index in [1.54, 1.807) is 51.8 Å². The van der Waals surface area contributed by atoms with Gasteiger partial charge in [-0.1, -0.05) is 51.1 Å². The first kappa shape index (κ1) is 59.3. The number of anilines is 2. The van der Waals surface area contributed by atoms with Gasteiger partial charge < -0.3 is 49.9 Å².